The molecule has 4 rings (SSSR count). The molecule has 1 aliphatic heterocycles. The molecule has 14 nitrogen and oxygen atoms in total. The van der Waals surface area contributed by atoms with Gasteiger partial charge in [-0.25, -0.2) is 17.5 Å². The number of para-hydroxylation sites is 2. The number of hydrogen-bond donors (Lipinski definition) is 1. The number of aromatic nitrogens is 2. The zero-order valence-electron chi connectivity index (χ0n) is 28.1. The third-order valence-corrected chi connectivity index (χ3v) is 8.72. The van der Waals surface area contributed by atoms with Gasteiger partial charge in [-0.1, -0.05) is 44.2 Å². The molecule has 15 heteroatoms. The van der Waals surface area contributed by atoms with Crippen LogP contribution in [0.15, 0.2) is 59.5 Å². The monoisotopic (exact) mass is 685 g/mol. The lowest BCUT2D eigenvalue weighted by molar-refractivity contribution is -0.137. The van der Waals surface area contributed by atoms with Gasteiger partial charge in [-0.2, -0.15) is 9.97 Å². The molecule has 1 aliphatic rings. The van der Waals surface area contributed by atoms with E-state index in [1.165, 1.54) is 19.2 Å². The molecule has 0 spiro atoms. The van der Waals surface area contributed by atoms with Crippen molar-refractivity contribution in [3.8, 4) is 23.1 Å². The quantitative estimate of drug-likeness (QED) is 0.256. The predicted octanol–water partition coefficient (Wildman–Crippen LogP) is 5.04. The lowest BCUT2D eigenvalue weighted by Gasteiger charge is -2.36. The molecule has 260 valence electrons. The Hall–Kier alpha value is -4.79. The molecule has 0 radical (unpaired) electrons. The summed E-state index contributed by atoms with van der Waals surface area (Å²) >= 11 is 0. The number of methoxy groups -OCH3 is 1. The molecule has 0 atom stereocenters. The third-order valence-electron chi connectivity index (χ3n) is 6.95. The van der Waals surface area contributed by atoms with Crippen molar-refractivity contribution in [3.05, 3.63) is 54.6 Å². The summed E-state index contributed by atoms with van der Waals surface area (Å²) in [4.78, 5) is 37.0. The lowest BCUT2D eigenvalue weighted by Crippen LogP contribution is -2.50. The summed E-state index contributed by atoms with van der Waals surface area (Å²) in [6.07, 6.45) is -0.797. The van der Waals surface area contributed by atoms with Gasteiger partial charge in [-0.3, -0.25) is 4.79 Å². The second kappa shape index (κ2) is 15.4. The smallest absolute Gasteiger partial charge is 0.410 e. The van der Waals surface area contributed by atoms with E-state index in [4.69, 9.17) is 23.9 Å². The molecule has 48 heavy (non-hydrogen) atoms. The van der Waals surface area contributed by atoms with Gasteiger partial charge in [0.15, 0.2) is 17.3 Å². The molecule has 1 fully saturated rings. The molecule has 1 aromatic heterocycles. The van der Waals surface area contributed by atoms with Crippen LogP contribution in [-0.4, -0.2) is 92.5 Å². The van der Waals surface area contributed by atoms with Crippen molar-refractivity contribution < 1.29 is 42.1 Å². The number of carbonyl (C=O) groups is 2. The van der Waals surface area contributed by atoms with Crippen molar-refractivity contribution in [2.75, 3.05) is 55.6 Å². The van der Waals surface area contributed by atoms with Gasteiger partial charge in [0.1, 0.15) is 12.2 Å². The second-order valence-electron chi connectivity index (χ2n) is 12.4. The fourth-order valence-electron chi connectivity index (χ4n) is 4.72. The number of aliphatic carboxylic acids is 1. The number of rotatable bonds is 13. The highest BCUT2D eigenvalue weighted by atomic mass is 32.2. The maximum atomic E-state index is 14.3. The summed E-state index contributed by atoms with van der Waals surface area (Å²) in [6, 6.07) is 14.7. The summed E-state index contributed by atoms with van der Waals surface area (Å²) < 4.78 is 53.1. The van der Waals surface area contributed by atoms with Gasteiger partial charge in [0.05, 0.1) is 18.4 Å². The van der Waals surface area contributed by atoms with E-state index < -0.39 is 27.7 Å². The van der Waals surface area contributed by atoms with Gasteiger partial charge in [0.2, 0.25) is 11.7 Å². The maximum absolute atomic E-state index is 14.3. The van der Waals surface area contributed by atoms with Crippen molar-refractivity contribution >= 4 is 33.9 Å². The second-order valence-corrected chi connectivity index (χ2v) is 14.3. The van der Waals surface area contributed by atoms with Crippen LogP contribution in [0, 0.1) is 5.92 Å². The highest BCUT2D eigenvalue weighted by molar-refractivity contribution is 7.92. The Morgan fingerprint density at radius 3 is 2.17 bits per heavy atom. The summed E-state index contributed by atoms with van der Waals surface area (Å²) in [5.74, 6) is -0.962. The number of anilines is 2. The van der Waals surface area contributed by atoms with Crippen LogP contribution < -0.4 is 23.4 Å². The van der Waals surface area contributed by atoms with E-state index in [1.807, 2.05) is 13.8 Å². The topological polar surface area (TPSA) is 161 Å². The zero-order chi connectivity index (χ0) is 35.1. The highest BCUT2D eigenvalue weighted by Gasteiger charge is 2.35. The Kier molecular flexibility index (Phi) is 11.6. The first-order chi connectivity index (χ1) is 22.7. The number of carboxylic acids is 1. The van der Waals surface area contributed by atoms with Crippen molar-refractivity contribution in [3.63, 3.8) is 0 Å². The summed E-state index contributed by atoms with van der Waals surface area (Å²) in [7, 11) is -2.75. The van der Waals surface area contributed by atoms with E-state index in [9.17, 15) is 23.1 Å². The molecule has 0 unspecified atom stereocenters. The molecule has 0 bridgehead atoms. The van der Waals surface area contributed by atoms with Crippen LogP contribution in [0.5, 0.6) is 23.1 Å². The predicted molar refractivity (Wildman–Crippen MR) is 179 cm³/mol. The van der Waals surface area contributed by atoms with Gasteiger partial charge in [0.25, 0.3) is 15.9 Å². The number of carboxylic acid groups (broad SMARTS) is 1. The number of sulfonamides is 1. The van der Waals surface area contributed by atoms with Crippen LogP contribution in [0.3, 0.4) is 0 Å². The number of nitrogens with zero attached hydrogens (tertiary/aromatic N) is 5. The van der Waals surface area contributed by atoms with E-state index in [-0.39, 0.29) is 59.5 Å². The summed E-state index contributed by atoms with van der Waals surface area (Å²) in [5.41, 5.74) is -0.657. The third kappa shape index (κ3) is 9.18. The van der Waals surface area contributed by atoms with Gasteiger partial charge < -0.3 is 33.9 Å². The van der Waals surface area contributed by atoms with E-state index >= 15 is 0 Å². The molecule has 2 aromatic carbocycles. The van der Waals surface area contributed by atoms with Crippen molar-refractivity contribution in [2.45, 2.75) is 51.5 Å². The Labute approximate surface area is 281 Å². The van der Waals surface area contributed by atoms with Crippen LogP contribution >= 0.6 is 0 Å². The number of benzene rings is 2. The highest BCUT2D eigenvalue weighted by Crippen LogP contribution is 2.44. The first-order valence-corrected chi connectivity index (χ1v) is 17.0. The fourth-order valence-corrected chi connectivity index (χ4v) is 6.32. The van der Waals surface area contributed by atoms with Gasteiger partial charge >= 0.3 is 12.1 Å². The number of hydrogen-bond acceptors (Lipinski definition) is 11. The number of piperazine rings is 1. The molecule has 0 saturated carbocycles. The van der Waals surface area contributed by atoms with E-state index in [2.05, 4.69) is 4.98 Å². The SMILES string of the molecule is COc1ccccc1Oc1c(OCCC(=O)O)nc(N2CCN(C(=O)OC(C)(C)C)CC2)nc1N(CC(C)C)S(=O)(=O)c1ccccc1. The molecule has 1 saturated heterocycles. The molecule has 1 N–H and O–H groups in total. The zero-order valence-corrected chi connectivity index (χ0v) is 28.9. The molecule has 1 amide bonds. The van der Waals surface area contributed by atoms with E-state index in [0.29, 0.717) is 31.9 Å². The number of ether oxygens (including phenoxy) is 4. The maximum Gasteiger partial charge on any atom is 0.410 e. The van der Waals surface area contributed by atoms with Crippen LogP contribution in [0.4, 0.5) is 16.6 Å². The first kappa shape index (κ1) is 36.1. The fraction of sp³-hybridized carbons (Fsp3) is 0.455. The Bertz CT molecular complexity index is 1670. The molecule has 0 aliphatic carbocycles. The minimum atomic E-state index is -4.22. The Morgan fingerprint density at radius 2 is 1.58 bits per heavy atom. The summed E-state index contributed by atoms with van der Waals surface area (Å²) in [5, 5.41) is 9.34. The van der Waals surface area contributed by atoms with E-state index in [1.54, 1.807) is 73.0 Å². The summed E-state index contributed by atoms with van der Waals surface area (Å²) in [6.45, 7) is 10.0. The van der Waals surface area contributed by atoms with Crippen LogP contribution in [0.25, 0.3) is 0 Å². The van der Waals surface area contributed by atoms with Crippen LogP contribution in [0.2, 0.25) is 0 Å². The average molecular weight is 686 g/mol. The molecule has 3 aromatic rings. The lowest BCUT2D eigenvalue weighted by atomic mass is 10.2. The van der Waals surface area contributed by atoms with Gasteiger partial charge in [-0.05, 0) is 51.0 Å². The normalized spacial score (nSPS) is 13.6. The largest absolute Gasteiger partial charge is 0.493 e. The average Bonchev–Trinajstić information content (AvgIpc) is 3.04. The van der Waals surface area contributed by atoms with Crippen molar-refractivity contribution in [1.82, 2.24) is 14.9 Å². The van der Waals surface area contributed by atoms with E-state index in [0.717, 1.165) is 4.31 Å². The number of carbonyl (C=O) groups excluding carboxylic acids is 1. The molecule has 2 heterocycles. The first-order valence-electron chi connectivity index (χ1n) is 15.6. The van der Waals surface area contributed by atoms with Gasteiger partial charge in [-0.15, -0.1) is 0 Å². The van der Waals surface area contributed by atoms with Crippen molar-refractivity contribution in [2.24, 2.45) is 5.92 Å². The Morgan fingerprint density at radius 1 is 0.958 bits per heavy atom. The molecular weight excluding hydrogens is 642 g/mol. The minimum absolute atomic E-state index is 0.0109. The van der Waals surface area contributed by atoms with Gasteiger partial charge in [0, 0.05) is 32.7 Å². The Balaban J connectivity index is 1.88. The van der Waals surface area contributed by atoms with Crippen LogP contribution in [0.1, 0.15) is 41.0 Å². The van der Waals surface area contributed by atoms with Crippen LogP contribution in [-0.2, 0) is 19.6 Å². The standard InChI is InChI=1S/C33H43N5O9S/c1-23(2)22-38(48(42,43)24-12-8-7-9-13-24)29-28(46-26-15-11-10-14-25(26)44-6)30(45-21-16-27(39)40)35-31(34-29)36-17-19-37(20-18-36)32(41)47-33(3,4)5/h7-15,23H,16-22H2,1-6H3,(H,39,40). The minimum Gasteiger partial charge on any atom is -0.493 e. The van der Waals surface area contributed by atoms with Crippen molar-refractivity contribution in [1.29, 1.82) is 0 Å². The molecular formula is C33H43N5O9S. The number of amides is 1.